The third kappa shape index (κ3) is 1.59. The van der Waals surface area contributed by atoms with E-state index in [4.69, 9.17) is 22.0 Å². The molecule has 0 unspecified atom stereocenters. The van der Waals surface area contributed by atoms with Crippen molar-refractivity contribution in [1.82, 2.24) is 15.4 Å². The van der Waals surface area contributed by atoms with Gasteiger partial charge in [-0.3, -0.25) is 0 Å². The van der Waals surface area contributed by atoms with Crippen molar-refractivity contribution >= 4 is 28.4 Å². The van der Waals surface area contributed by atoms with E-state index in [1.807, 2.05) is 30.3 Å². The molecule has 3 rings (SSSR count). The highest BCUT2D eigenvalue weighted by Gasteiger charge is 2.18. The third-order valence-corrected chi connectivity index (χ3v) is 2.80. The van der Waals surface area contributed by atoms with E-state index in [1.165, 1.54) is 0 Å². The zero-order valence-electron chi connectivity index (χ0n) is 9.09. The number of hydrazine groups is 1. The minimum absolute atomic E-state index is 0.226. The molecule has 6 nitrogen and oxygen atoms in total. The fraction of sp³-hybridized carbons (Fsp3) is 0. The summed E-state index contributed by atoms with van der Waals surface area (Å²) in [5, 5.41) is 12.4. The summed E-state index contributed by atoms with van der Waals surface area (Å²) in [6.07, 6.45) is 0. The Morgan fingerprint density at radius 3 is 2.67 bits per heavy atom. The number of nitrogens with zero attached hydrogens (tertiary/aromatic N) is 3. The molecule has 0 saturated heterocycles. The largest absolute Gasteiger partial charge is 0.351 e. The average molecular weight is 262 g/mol. The number of anilines is 1. The summed E-state index contributed by atoms with van der Waals surface area (Å²) in [7, 11) is 0. The number of hydrogen-bond acceptors (Lipinski definition) is 6. The van der Waals surface area contributed by atoms with E-state index < -0.39 is 0 Å². The Balaban J connectivity index is 2.33. The van der Waals surface area contributed by atoms with Crippen LogP contribution >= 0.6 is 11.6 Å². The van der Waals surface area contributed by atoms with Gasteiger partial charge in [-0.15, -0.1) is 10.2 Å². The number of nitrogens with one attached hydrogen (secondary N) is 1. The molecule has 0 fully saturated rings. The SMILES string of the molecule is NNc1nnc(Cl)c2c(-c3ccccc3)noc12. The summed E-state index contributed by atoms with van der Waals surface area (Å²) >= 11 is 6.04. The van der Waals surface area contributed by atoms with E-state index >= 15 is 0 Å². The van der Waals surface area contributed by atoms with Crippen molar-refractivity contribution in [2.45, 2.75) is 0 Å². The Labute approximate surface area is 107 Å². The highest BCUT2D eigenvalue weighted by Crippen LogP contribution is 2.34. The van der Waals surface area contributed by atoms with Crippen LogP contribution < -0.4 is 11.3 Å². The van der Waals surface area contributed by atoms with Crippen LogP contribution in [0.1, 0.15) is 0 Å². The lowest BCUT2D eigenvalue weighted by atomic mass is 10.1. The van der Waals surface area contributed by atoms with Crippen molar-refractivity contribution in [3.05, 3.63) is 35.5 Å². The first-order valence-corrected chi connectivity index (χ1v) is 5.52. The number of rotatable bonds is 2. The van der Waals surface area contributed by atoms with Crippen molar-refractivity contribution in [3.8, 4) is 11.3 Å². The maximum atomic E-state index is 6.04. The van der Waals surface area contributed by atoms with Crippen LogP contribution in [0.2, 0.25) is 5.15 Å². The van der Waals surface area contributed by atoms with Gasteiger partial charge in [0.25, 0.3) is 0 Å². The summed E-state index contributed by atoms with van der Waals surface area (Å²) in [6.45, 7) is 0. The Morgan fingerprint density at radius 2 is 1.94 bits per heavy atom. The summed E-state index contributed by atoms with van der Waals surface area (Å²) in [4.78, 5) is 0. The summed E-state index contributed by atoms with van der Waals surface area (Å²) in [5.74, 6) is 5.63. The van der Waals surface area contributed by atoms with E-state index in [0.717, 1.165) is 5.56 Å². The van der Waals surface area contributed by atoms with Gasteiger partial charge in [-0.05, 0) is 0 Å². The molecule has 2 heterocycles. The van der Waals surface area contributed by atoms with Crippen molar-refractivity contribution in [2.75, 3.05) is 5.43 Å². The highest BCUT2D eigenvalue weighted by molar-refractivity contribution is 6.35. The second-order valence-corrected chi connectivity index (χ2v) is 3.94. The van der Waals surface area contributed by atoms with Crippen molar-refractivity contribution in [2.24, 2.45) is 5.84 Å². The standard InChI is InChI=1S/C11H8ClN5O/c12-10-7-8(6-4-2-1-3-5-6)17-18-9(7)11(14-13)16-15-10/h1-5H,13H2,(H,14,16). The number of hydrogen-bond donors (Lipinski definition) is 2. The molecule has 0 atom stereocenters. The zero-order valence-corrected chi connectivity index (χ0v) is 9.85. The molecule has 0 spiro atoms. The number of nitrogens with two attached hydrogens (primary N) is 1. The van der Waals surface area contributed by atoms with Gasteiger partial charge in [-0.1, -0.05) is 47.1 Å². The van der Waals surface area contributed by atoms with E-state index in [2.05, 4.69) is 20.8 Å². The smallest absolute Gasteiger partial charge is 0.216 e. The van der Waals surface area contributed by atoms with Crippen molar-refractivity contribution < 1.29 is 4.52 Å². The van der Waals surface area contributed by atoms with Gasteiger partial charge in [0.1, 0.15) is 5.69 Å². The van der Waals surface area contributed by atoms with Gasteiger partial charge in [0, 0.05) is 5.56 Å². The number of aromatic nitrogens is 3. The van der Waals surface area contributed by atoms with Gasteiger partial charge in [-0.2, -0.15) is 0 Å². The second kappa shape index (κ2) is 4.25. The topological polar surface area (TPSA) is 89.9 Å². The fourth-order valence-electron chi connectivity index (χ4n) is 1.72. The summed E-state index contributed by atoms with van der Waals surface area (Å²) in [5.41, 5.74) is 4.28. The van der Waals surface area contributed by atoms with Crippen LogP contribution in [0.25, 0.3) is 22.2 Å². The lowest BCUT2D eigenvalue weighted by molar-refractivity contribution is 0.459. The van der Waals surface area contributed by atoms with Gasteiger partial charge in [0.15, 0.2) is 5.15 Å². The molecule has 90 valence electrons. The molecule has 0 aliphatic carbocycles. The molecule has 7 heteroatoms. The van der Waals surface area contributed by atoms with E-state index in [-0.39, 0.29) is 5.15 Å². The summed E-state index contributed by atoms with van der Waals surface area (Å²) < 4.78 is 5.23. The molecule has 2 aromatic heterocycles. The first-order chi connectivity index (χ1) is 8.81. The lowest BCUT2D eigenvalue weighted by Crippen LogP contribution is -2.09. The Bertz CT molecular complexity index is 697. The van der Waals surface area contributed by atoms with Gasteiger partial charge in [0.05, 0.1) is 5.39 Å². The summed E-state index contributed by atoms with van der Waals surface area (Å²) in [6, 6.07) is 9.54. The van der Waals surface area contributed by atoms with Crippen LogP contribution in [-0.4, -0.2) is 15.4 Å². The number of benzene rings is 1. The minimum Gasteiger partial charge on any atom is -0.351 e. The molecule has 1 aromatic carbocycles. The zero-order chi connectivity index (χ0) is 12.5. The van der Waals surface area contributed by atoms with Crippen molar-refractivity contribution in [3.63, 3.8) is 0 Å². The molecular formula is C11H8ClN5O. The molecule has 0 saturated carbocycles. The minimum atomic E-state index is 0.226. The third-order valence-electron chi connectivity index (χ3n) is 2.54. The Hall–Kier alpha value is -2.18. The lowest BCUT2D eigenvalue weighted by Gasteiger charge is -1.99. The van der Waals surface area contributed by atoms with Gasteiger partial charge >= 0.3 is 0 Å². The van der Waals surface area contributed by atoms with Crippen LogP contribution in [0.4, 0.5) is 5.82 Å². The van der Waals surface area contributed by atoms with E-state index in [0.29, 0.717) is 22.5 Å². The van der Waals surface area contributed by atoms with Gasteiger partial charge in [0.2, 0.25) is 11.4 Å². The van der Waals surface area contributed by atoms with Crippen LogP contribution in [0, 0.1) is 0 Å². The predicted molar refractivity (Wildman–Crippen MR) is 67.9 cm³/mol. The van der Waals surface area contributed by atoms with E-state index in [1.54, 1.807) is 0 Å². The van der Waals surface area contributed by atoms with Crippen LogP contribution in [0.15, 0.2) is 34.9 Å². The molecule has 0 radical (unpaired) electrons. The van der Waals surface area contributed by atoms with Crippen molar-refractivity contribution in [1.29, 1.82) is 0 Å². The van der Waals surface area contributed by atoms with Crippen LogP contribution in [0.5, 0.6) is 0 Å². The molecule has 0 aliphatic rings. The van der Waals surface area contributed by atoms with Crippen LogP contribution in [0.3, 0.4) is 0 Å². The van der Waals surface area contributed by atoms with E-state index in [9.17, 15) is 0 Å². The molecule has 0 bridgehead atoms. The normalized spacial score (nSPS) is 10.8. The second-order valence-electron chi connectivity index (χ2n) is 3.59. The maximum absolute atomic E-state index is 6.04. The first kappa shape index (κ1) is 10.9. The van der Waals surface area contributed by atoms with Gasteiger partial charge in [-0.25, -0.2) is 5.84 Å². The number of halogens is 1. The van der Waals surface area contributed by atoms with Crippen LogP contribution in [-0.2, 0) is 0 Å². The molecule has 18 heavy (non-hydrogen) atoms. The average Bonchev–Trinajstić information content (AvgIpc) is 2.86. The molecule has 3 N–H and O–H groups in total. The molecular weight excluding hydrogens is 254 g/mol. The number of fused-ring (bicyclic) bond motifs is 1. The predicted octanol–water partition coefficient (Wildman–Crippen LogP) is 2.22. The monoisotopic (exact) mass is 261 g/mol. The quantitative estimate of drug-likeness (QED) is 0.543. The highest BCUT2D eigenvalue weighted by atomic mass is 35.5. The fourth-order valence-corrected chi connectivity index (χ4v) is 1.93. The molecule has 0 aliphatic heterocycles. The van der Waals surface area contributed by atoms with Gasteiger partial charge < -0.3 is 9.95 Å². The Kier molecular flexibility index (Phi) is 2.58. The Morgan fingerprint density at radius 1 is 1.17 bits per heavy atom. The molecule has 3 aromatic rings. The molecule has 0 amide bonds. The number of nitrogen functional groups attached to an aromatic ring is 1. The maximum Gasteiger partial charge on any atom is 0.216 e. The first-order valence-electron chi connectivity index (χ1n) is 5.15.